The Morgan fingerprint density at radius 2 is 0.919 bits per heavy atom. The lowest BCUT2D eigenvalue weighted by Crippen LogP contribution is -2.40. The van der Waals surface area contributed by atoms with Crippen LogP contribution in [0.15, 0.2) is 72.9 Å². The van der Waals surface area contributed by atoms with Crippen LogP contribution in [0.2, 0.25) is 0 Å². The molecule has 356 valence electrons. The van der Waals surface area contributed by atoms with Gasteiger partial charge in [-0.3, -0.25) is 9.59 Å². The minimum atomic E-state index is -1.52. The number of nitrogens with zero attached hydrogens (tertiary/aromatic N) is 1. The van der Waals surface area contributed by atoms with Crippen LogP contribution >= 0.6 is 0 Å². The Morgan fingerprint density at radius 1 is 0.500 bits per heavy atom. The number of carbonyl (C=O) groups excluding carboxylic acids is 2. The quantitative estimate of drug-likeness (QED) is 0.0212. The van der Waals surface area contributed by atoms with Crippen LogP contribution in [-0.2, 0) is 33.3 Å². The Kier molecular flexibility index (Phi) is 42.0. The van der Waals surface area contributed by atoms with Crippen molar-refractivity contribution in [2.45, 2.75) is 200 Å². The number of likely N-dealkylation sites (N-methyl/N-ethyl adjacent to an activating group) is 1. The van der Waals surface area contributed by atoms with Gasteiger partial charge in [0.05, 0.1) is 34.4 Å². The van der Waals surface area contributed by atoms with Crippen molar-refractivity contribution in [1.29, 1.82) is 0 Å². The molecule has 0 aromatic rings. The highest BCUT2D eigenvalue weighted by molar-refractivity contribution is 5.71. The van der Waals surface area contributed by atoms with Crippen LogP contribution in [0, 0.1) is 0 Å². The van der Waals surface area contributed by atoms with Crippen molar-refractivity contribution < 1.29 is 42.9 Å². The number of carbonyl (C=O) groups is 3. The van der Waals surface area contributed by atoms with E-state index in [4.69, 9.17) is 18.9 Å². The minimum absolute atomic E-state index is 0.181. The lowest BCUT2D eigenvalue weighted by molar-refractivity contribution is -0.870. The summed E-state index contributed by atoms with van der Waals surface area (Å²) in [4.78, 5) is 37.2. The van der Waals surface area contributed by atoms with Gasteiger partial charge in [0.25, 0.3) is 6.29 Å². The molecule has 0 aromatic heterocycles. The van der Waals surface area contributed by atoms with Crippen molar-refractivity contribution in [3.05, 3.63) is 72.9 Å². The third-order valence-corrected chi connectivity index (χ3v) is 10.2. The molecular formula is C53H92NO8+. The van der Waals surface area contributed by atoms with Crippen LogP contribution in [0.4, 0.5) is 0 Å². The number of aliphatic carboxylic acids is 1. The molecule has 0 bridgehead atoms. The number of hydrogen-bond acceptors (Lipinski definition) is 7. The number of ether oxygens (including phenoxy) is 4. The van der Waals surface area contributed by atoms with Crippen molar-refractivity contribution in [3.8, 4) is 0 Å². The molecule has 0 fully saturated rings. The third-order valence-electron chi connectivity index (χ3n) is 10.2. The van der Waals surface area contributed by atoms with Gasteiger partial charge in [-0.2, -0.15) is 0 Å². The van der Waals surface area contributed by atoms with E-state index in [0.29, 0.717) is 17.4 Å². The SMILES string of the molecule is CC/C=C\C/C=C\C/C=C\C/C=C\C/C=C\CCCCCCCCCC(=O)OC(COC(=O)CCCCCCC/C=C\CCCCCCC)COC(OCC[N+](C)(C)C)C(=O)O. The molecule has 0 amide bonds. The van der Waals surface area contributed by atoms with Crippen LogP contribution in [-0.4, -0.2) is 87.4 Å². The first-order chi connectivity index (χ1) is 30.1. The topological polar surface area (TPSA) is 108 Å². The van der Waals surface area contributed by atoms with Crippen LogP contribution in [0.3, 0.4) is 0 Å². The molecule has 0 saturated heterocycles. The van der Waals surface area contributed by atoms with Crippen molar-refractivity contribution in [2.24, 2.45) is 0 Å². The second kappa shape index (κ2) is 44.3. The number of quaternary nitrogens is 1. The zero-order chi connectivity index (χ0) is 45.6. The van der Waals surface area contributed by atoms with Gasteiger partial charge in [-0.1, -0.05) is 164 Å². The van der Waals surface area contributed by atoms with Crippen molar-refractivity contribution >= 4 is 17.9 Å². The van der Waals surface area contributed by atoms with Crippen molar-refractivity contribution in [2.75, 3.05) is 47.5 Å². The largest absolute Gasteiger partial charge is 0.477 e. The lowest BCUT2D eigenvalue weighted by Gasteiger charge is -2.25. The Labute approximate surface area is 379 Å². The molecular weight excluding hydrogens is 779 g/mol. The molecule has 0 aromatic carbocycles. The molecule has 62 heavy (non-hydrogen) atoms. The molecule has 0 aliphatic rings. The fourth-order valence-corrected chi connectivity index (χ4v) is 6.39. The third kappa shape index (κ3) is 44.8. The van der Waals surface area contributed by atoms with Gasteiger partial charge in [-0.25, -0.2) is 4.79 Å². The molecule has 0 aliphatic carbocycles. The van der Waals surface area contributed by atoms with Gasteiger partial charge in [0.15, 0.2) is 6.10 Å². The summed E-state index contributed by atoms with van der Waals surface area (Å²) in [6.07, 6.45) is 52.4. The van der Waals surface area contributed by atoms with Gasteiger partial charge in [0.2, 0.25) is 0 Å². The number of carboxylic acids is 1. The maximum Gasteiger partial charge on any atom is 0.361 e. The zero-order valence-corrected chi connectivity index (χ0v) is 40.3. The van der Waals surface area contributed by atoms with Gasteiger partial charge in [0.1, 0.15) is 13.2 Å². The van der Waals surface area contributed by atoms with Gasteiger partial charge < -0.3 is 28.5 Å². The first-order valence-electron chi connectivity index (χ1n) is 24.6. The normalized spacial score (nSPS) is 13.5. The molecule has 1 N–H and O–H groups in total. The van der Waals surface area contributed by atoms with Gasteiger partial charge in [-0.15, -0.1) is 0 Å². The van der Waals surface area contributed by atoms with E-state index in [2.05, 4.69) is 86.8 Å². The van der Waals surface area contributed by atoms with E-state index >= 15 is 0 Å². The summed E-state index contributed by atoms with van der Waals surface area (Å²) in [5.74, 6) is -2.04. The Morgan fingerprint density at radius 3 is 1.39 bits per heavy atom. The van der Waals surface area contributed by atoms with E-state index in [-0.39, 0.29) is 38.6 Å². The van der Waals surface area contributed by atoms with Crippen LogP contribution in [0.1, 0.15) is 187 Å². The highest BCUT2D eigenvalue weighted by Crippen LogP contribution is 2.13. The molecule has 9 heteroatoms. The molecule has 0 radical (unpaired) electrons. The number of carboxylic acid groups (broad SMARTS) is 1. The maximum atomic E-state index is 12.8. The fraction of sp³-hybridized carbons (Fsp3) is 0.717. The van der Waals surface area contributed by atoms with E-state index in [9.17, 15) is 19.5 Å². The maximum absolute atomic E-state index is 12.8. The van der Waals surface area contributed by atoms with E-state index in [1.807, 2.05) is 21.1 Å². The summed E-state index contributed by atoms with van der Waals surface area (Å²) >= 11 is 0. The predicted octanol–water partition coefficient (Wildman–Crippen LogP) is 13.5. The number of allylic oxidation sites excluding steroid dienone is 12. The number of esters is 2. The number of hydrogen-bond donors (Lipinski definition) is 1. The zero-order valence-electron chi connectivity index (χ0n) is 40.3. The van der Waals surface area contributed by atoms with E-state index in [1.165, 1.54) is 57.8 Å². The molecule has 0 heterocycles. The second-order valence-corrected chi connectivity index (χ2v) is 17.4. The Bertz CT molecular complexity index is 1240. The second-order valence-electron chi connectivity index (χ2n) is 17.4. The smallest absolute Gasteiger partial charge is 0.361 e. The lowest BCUT2D eigenvalue weighted by atomic mass is 10.1. The summed E-state index contributed by atoms with van der Waals surface area (Å²) in [6, 6.07) is 0. The van der Waals surface area contributed by atoms with E-state index in [1.54, 1.807) is 0 Å². The standard InChI is InChI=1S/C53H91NO8/c1-6-8-10-12-14-16-18-20-22-23-24-25-26-27-28-29-30-32-34-36-38-40-42-44-51(56)62-49(48-61-53(52(57)58)59-46-45-54(3,4)5)47-60-50(55)43-41-39-37-35-33-31-21-19-17-15-13-11-9-7-2/h8,10,14,16,19-22,24-25,27-28,49,53H,6-7,9,11-13,15,17-18,23,26,29-48H2,1-5H3/p+1/b10-8-,16-14-,21-19-,22-20-,25-24-,28-27-. The minimum Gasteiger partial charge on any atom is -0.477 e. The van der Waals surface area contributed by atoms with E-state index in [0.717, 1.165) is 96.3 Å². The summed E-state index contributed by atoms with van der Waals surface area (Å²) in [7, 11) is 5.95. The molecule has 0 saturated carbocycles. The summed E-state index contributed by atoms with van der Waals surface area (Å²) < 4.78 is 22.8. The first kappa shape index (κ1) is 58.7. The monoisotopic (exact) mass is 871 g/mol. The van der Waals surface area contributed by atoms with Crippen LogP contribution in [0.25, 0.3) is 0 Å². The van der Waals surface area contributed by atoms with Gasteiger partial charge in [-0.05, 0) is 83.5 Å². The summed E-state index contributed by atoms with van der Waals surface area (Å²) in [5, 5.41) is 9.66. The molecule has 0 aliphatic heterocycles. The highest BCUT2D eigenvalue weighted by Gasteiger charge is 2.25. The molecule has 9 nitrogen and oxygen atoms in total. The highest BCUT2D eigenvalue weighted by atomic mass is 16.7. The van der Waals surface area contributed by atoms with Crippen LogP contribution in [0.5, 0.6) is 0 Å². The number of unbranched alkanes of at least 4 members (excludes halogenated alkanes) is 17. The van der Waals surface area contributed by atoms with Crippen molar-refractivity contribution in [3.63, 3.8) is 0 Å². The first-order valence-corrected chi connectivity index (χ1v) is 24.6. The summed E-state index contributed by atoms with van der Waals surface area (Å²) in [6.45, 7) is 4.71. The van der Waals surface area contributed by atoms with Gasteiger partial charge >= 0.3 is 17.9 Å². The predicted molar refractivity (Wildman–Crippen MR) is 258 cm³/mol. The van der Waals surface area contributed by atoms with Crippen molar-refractivity contribution in [1.82, 2.24) is 0 Å². The Balaban J connectivity index is 4.40. The van der Waals surface area contributed by atoms with Gasteiger partial charge in [0, 0.05) is 12.8 Å². The number of rotatable bonds is 44. The average molecular weight is 871 g/mol. The average Bonchev–Trinajstić information content (AvgIpc) is 3.23. The summed E-state index contributed by atoms with van der Waals surface area (Å²) in [5.41, 5.74) is 0. The molecule has 2 atom stereocenters. The molecule has 0 spiro atoms. The van der Waals surface area contributed by atoms with Crippen LogP contribution < -0.4 is 0 Å². The molecule has 2 unspecified atom stereocenters. The molecule has 0 rings (SSSR count). The van der Waals surface area contributed by atoms with E-state index < -0.39 is 24.3 Å². The fourth-order valence-electron chi connectivity index (χ4n) is 6.39. The Hall–Kier alpha value is -3.27.